The van der Waals surface area contributed by atoms with Gasteiger partial charge in [-0.1, -0.05) is 36.0 Å². The fourth-order valence-electron chi connectivity index (χ4n) is 4.01. The molecule has 1 aliphatic heterocycles. The molecule has 1 N–H and O–H groups in total. The minimum atomic E-state index is -0.455. The predicted molar refractivity (Wildman–Crippen MR) is 132 cm³/mol. The average molecular weight is 478 g/mol. The number of fused-ring (bicyclic) bond motifs is 2. The van der Waals surface area contributed by atoms with Crippen molar-refractivity contribution in [2.45, 2.75) is 23.7 Å². The van der Waals surface area contributed by atoms with Crippen LogP contribution in [0.4, 0.5) is 15.8 Å². The van der Waals surface area contributed by atoms with Crippen LogP contribution < -0.4 is 10.2 Å². The summed E-state index contributed by atoms with van der Waals surface area (Å²) in [7, 11) is 0. The van der Waals surface area contributed by atoms with Gasteiger partial charge in [0.15, 0.2) is 4.34 Å². The summed E-state index contributed by atoms with van der Waals surface area (Å²) in [5, 5.41) is 2.79. The van der Waals surface area contributed by atoms with E-state index >= 15 is 0 Å². The molecule has 3 aromatic carbocycles. The summed E-state index contributed by atoms with van der Waals surface area (Å²) in [6.45, 7) is 2.07. The summed E-state index contributed by atoms with van der Waals surface area (Å²) >= 11 is 2.90. The highest BCUT2D eigenvalue weighted by molar-refractivity contribution is 8.01. The van der Waals surface area contributed by atoms with E-state index in [9.17, 15) is 14.0 Å². The first kappa shape index (κ1) is 21.6. The van der Waals surface area contributed by atoms with E-state index in [1.807, 2.05) is 35.2 Å². The maximum absolute atomic E-state index is 13.4. The van der Waals surface area contributed by atoms with E-state index in [0.717, 1.165) is 26.7 Å². The third-order valence-corrected chi connectivity index (χ3v) is 7.65. The molecule has 1 aromatic heterocycles. The Morgan fingerprint density at radius 2 is 2.00 bits per heavy atom. The maximum atomic E-state index is 13.4. The van der Waals surface area contributed by atoms with E-state index in [4.69, 9.17) is 0 Å². The lowest BCUT2D eigenvalue weighted by atomic mass is 10.1. The molecule has 0 aliphatic carbocycles. The van der Waals surface area contributed by atoms with Gasteiger partial charge in [0.1, 0.15) is 5.82 Å². The number of aromatic nitrogens is 1. The van der Waals surface area contributed by atoms with Crippen molar-refractivity contribution in [2.75, 3.05) is 16.0 Å². The molecule has 0 fully saturated rings. The van der Waals surface area contributed by atoms with Crippen molar-refractivity contribution < 1.29 is 14.0 Å². The predicted octanol–water partition coefficient (Wildman–Crippen LogP) is 5.76. The lowest BCUT2D eigenvalue weighted by Crippen LogP contribution is -2.36. The number of hydrogen-bond acceptors (Lipinski definition) is 5. The summed E-state index contributed by atoms with van der Waals surface area (Å²) in [4.78, 5) is 31.8. The van der Waals surface area contributed by atoms with Gasteiger partial charge in [0.05, 0.1) is 16.0 Å². The zero-order valence-corrected chi connectivity index (χ0v) is 19.4. The third-order valence-electron chi connectivity index (χ3n) is 5.51. The summed E-state index contributed by atoms with van der Waals surface area (Å²) < 4.78 is 15.1. The number of thioether (sulfide) groups is 1. The average Bonchev–Trinajstić information content (AvgIpc) is 3.36. The minimum absolute atomic E-state index is 0.0692. The number of hydrogen-bond donors (Lipinski definition) is 1. The zero-order chi connectivity index (χ0) is 22.9. The molecule has 5 rings (SSSR count). The second-order valence-electron chi connectivity index (χ2n) is 7.86. The molecule has 33 heavy (non-hydrogen) atoms. The summed E-state index contributed by atoms with van der Waals surface area (Å²) in [5.41, 5.74) is 3.87. The molecule has 2 heterocycles. The molecule has 0 spiro atoms. The van der Waals surface area contributed by atoms with Crippen LogP contribution in [0, 0.1) is 5.82 Å². The van der Waals surface area contributed by atoms with Gasteiger partial charge in [-0.05, 0) is 61.4 Å². The quantitative estimate of drug-likeness (QED) is 0.372. The Labute approximate surface area is 198 Å². The third kappa shape index (κ3) is 4.49. The molecule has 2 amide bonds. The Morgan fingerprint density at radius 3 is 2.85 bits per heavy atom. The molecule has 166 valence electrons. The molecule has 5 nitrogen and oxygen atoms in total. The number of amides is 2. The van der Waals surface area contributed by atoms with Crippen molar-refractivity contribution in [1.82, 2.24) is 4.98 Å². The standard InChI is InChI=1S/C25H20FN3O2S2/c1-15-11-16-5-2-3-8-21(16)29(15)23(30)14-32-25-28-20-10-9-19(13-22(20)33-25)27-24(31)17-6-4-7-18(26)12-17/h2-10,12-13,15H,11,14H2,1H3,(H,27,31). The molecular formula is C25H20FN3O2S2. The summed E-state index contributed by atoms with van der Waals surface area (Å²) in [5.74, 6) is -0.455. The van der Waals surface area contributed by atoms with Crippen LogP contribution >= 0.6 is 23.1 Å². The number of nitrogens with one attached hydrogen (secondary N) is 1. The molecule has 1 atom stereocenters. The van der Waals surface area contributed by atoms with E-state index in [2.05, 4.69) is 23.3 Å². The number of carbonyl (C=O) groups excluding carboxylic acids is 2. The Bertz CT molecular complexity index is 1370. The van der Waals surface area contributed by atoms with Crippen LogP contribution in [0.15, 0.2) is 71.1 Å². The highest BCUT2D eigenvalue weighted by atomic mass is 32.2. The van der Waals surface area contributed by atoms with Crippen LogP contribution in [0.5, 0.6) is 0 Å². The Kier molecular flexibility index (Phi) is 5.86. The van der Waals surface area contributed by atoms with Gasteiger partial charge in [-0.25, -0.2) is 9.37 Å². The molecule has 8 heteroatoms. The first-order valence-electron chi connectivity index (χ1n) is 10.5. The van der Waals surface area contributed by atoms with Gasteiger partial charge in [0, 0.05) is 23.0 Å². The molecule has 1 unspecified atom stereocenters. The molecule has 0 radical (unpaired) electrons. The van der Waals surface area contributed by atoms with Gasteiger partial charge in [-0.3, -0.25) is 9.59 Å². The Morgan fingerprint density at radius 1 is 1.15 bits per heavy atom. The van der Waals surface area contributed by atoms with Crippen molar-refractivity contribution >= 4 is 56.5 Å². The van der Waals surface area contributed by atoms with Crippen molar-refractivity contribution in [1.29, 1.82) is 0 Å². The van der Waals surface area contributed by atoms with Crippen molar-refractivity contribution in [2.24, 2.45) is 0 Å². The number of carbonyl (C=O) groups is 2. The van der Waals surface area contributed by atoms with Gasteiger partial charge >= 0.3 is 0 Å². The fraction of sp³-hybridized carbons (Fsp3) is 0.160. The second-order valence-corrected chi connectivity index (χ2v) is 10.1. The molecule has 0 bridgehead atoms. The normalized spacial score (nSPS) is 15.0. The molecule has 1 aliphatic rings. The van der Waals surface area contributed by atoms with Crippen LogP contribution in [-0.4, -0.2) is 28.6 Å². The van der Waals surface area contributed by atoms with Gasteiger partial charge in [0.2, 0.25) is 5.91 Å². The highest BCUT2D eigenvalue weighted by Gasteiger charge is 2.30. The van der Waals surface area contributed by atoms with E-state index < -0.39 is 5.82 Å². The lowest BCUT2D eigenvalue weighted by Gasteiger charge is -2.22. The monoisotopic (exact) mass is 477 g/mol. The topological polar surface area (TPSA) is 62.3 Å². The molecular weight excluding hydrogens is 457 g/mol. The van der Waals surface area contributed by atoms with Gasteiger partial charge in [0.25, 0.3) is 5.91 Å². The van der Waals surface area contributed by atoms with Gasteiger partial charge in [-0.2, -0.15) is 0 Å². The number of anilines is 2. The smallest absolute Gasteiger partial charge is 0.255 e. The van der Waals surface area contributed by atoms with Crippen LogP contribution in [-0.2, 0) is 11.2 Å². The van der Waals surface area contributed by atoms with Crippen molar-refractivity contribution in [3.8, 4) is 0 Å². The Balaban J connectivity index is 1.26. The minimum Gasteiger partial charge on any atom is -0.322 e. The number of halogens is 1. The first-order valence-corrected chi connectivity index (χ1v) is 12.3. The van der Waals surface area contributed by atoms with Crippen molar-refractivity contribution in [3.63, 3.8) is 0 Å². The number of thiazole rings is 1. The fourth-order valence-corrected chi connectivity index (χ4v) is 5.98. The van der Waals surface area contributed by atoms with E-state index in [1.165, 1.54) is 46.9 Å². The van der Waals surface area contributed by atoms with Gasteiger partial charge in [-0.15, -0.1) is 11.3 Å². The molecule has 0 saturated carbocycles. The van der Waals surface area contributed by atoms with E-state index in [-0.39, 0.29) is 23.4 Å². The summed E-state index contributed by atoms with van der Waals surface area (Å²) in [6, 6.07) is 19.2. The van der Waals surface area contributed by atoms with Crippen LogP contribution in [0.2, 0.25) is 0 Å². The first-order chi connectivity index (χ1) is 16.0. The van der Waals surface area contributed by atoms with E-state index in [0.29, 0.717) is 11.4 Å². The van der Waals surface area contributed by atoms with Crippen LogP contribution in [0.25, 0.3) is 10.2 Å². The maximum Gasteiger partial charge on any atom is 0.255 e. The largest absolute Gasteiger partial charge is 0.322 e. The summed E-state index contributed by atoms with van der Waals surface area (Å²) in [6.07, 6.45) is 0.873. The van der Waals surface area contributed by atoms with Gasteiger partial charge < -0.3 is 10.2 Å². The van der Waals surface area contributed by atoms with E-state index in [1.54, 1.807) is 12.1 Å². The highest BCUT2D eigenvalue weighted by Crippen LogP contribution is 2.35. The van der Waals surface area contributed by atoms with Crippen LogP contribution in [0.3, 0.4) is 0 Å². The number of nitrogens with zero attached hydrogens (tertiary/aromatic N) is 2. The SMILES string of the molecule is CC1Cc2ccccc2N1C(=O)CSc1nc2ccc(NC(=O)c3cccc(F)c3)cc2s1. The second kappa shape index (κ2) is 8.96. The van der Waals surface area contributed by atoms with Crippen molar-refractivity contribution in [3.05, 3.63) is 83.7 Å². The van der Waals surface area contributed by atoms with Crippen LogP contribution in [0.1, 0.15) is 22.8 Å². The molecule has 4 aromatic rings. The number of benzene rings is 3. The lowest BCUT2D eigenvalue weighted by molar-refractivity contribution is -0.116. The number of para-hydroxylation sites is 1. The zero-order valence-electron chi connectivity index (χ0n) is 17.7. The number of rotatable bonds is 5. The molecule has 0 saturated heterocycles. The Hall–Kier alpha value is -3.23.